The summed E-state index contributed by atoms with van der Waals surface area (Å²) in [6, 6.07) is 10.7. The highest BCUT2D eigenvalue weighted by molar-refractivity contribution is 7.15. The van der Waals surface area contributed by atoms with Crippen LogP contribution < -0.4 is 5.32 Å². The number of pyridine rings is 2. The molecule has 0 bridgehead atoms. The number of fused-ring (bicyclic) bond motifs is 1. The number of aromatic carboxylic acids is 1. The van der Waals surface area contributed by atoms with Crippen LogP contribution in [-0.2, 0) is 12.0 Å². The van der Waals surface area contributed by atoms with E-state index in [0.29, 0.717) is 28.6 Å². The van der Waals surface area contributed by atoms with Gasteiger partial charge >= 0.3 is 5.97 Å². The van der Waals surface area contributed by atoms with Crippen LogP contribution in [0.1, 0.15) is 56.0 Å². The summed E-state index contributed by atoms with van der Waals surface area (Å²) in [4.78, 5) is 26.1. The molecule has 36 heavy (non-hydrogen) atoms. The van der Waals surface area contributed by atoms with Crippen molar-refractivity contribution in [3.63, 3.8) is 0 Å². The van der Waals surface area contributed by atoms with Gasteiger partial charge in [-0.25, -0.2) is 19.7 Å². The Morgan fingerprint density at radius 1 is 1.17 bits per heavy atom. The molecule has 7 nitrogen and oxygen atoms in total. The van der Waals surface area contributed by atoms with Crippen molar-refractivity contribution < 1.29 is 15.0 Å². The van der Waals surface area contributed by atoms with Crippen LogP contribution in [0.3, 0.4) is 0 Å². The number of rotatable bonds is 5. The van der Waals surface area contributed by atoms with Crippen LogP contribution in [0.5, 0.6) is 0 Å². The van der Waals surface area contributed by atoms with Crippen molar-refractivity contribution in [2.75, 3.05) is 5.32 Å². The molecule has 8 heteroatoms. The van der Waals surface area contributed by atoms with Crippen LogP contribution in [0.4, 0.5) is 11.6 Å². The summed E-state index contributed by atoms with van der Waals surface area (Å²) in [5.74, 6) is 2.86. The molecule has 3 heterocycles. The number of terminal acetylenes is 1. The number of hydrogen-bond donors (Lipinski definition) is 3. The molecule has 3 N–H and O–H groups in total. The molecule has 3 aromatic heterocycles. The lowest BCUT2D eigenvalue weighted by Gasteiger charge is -2.34. The Balaban J connectivity index is 1.49. The Hall–Kier alpha value is -4.06. The second-order valence-electron chi connectivity index (χ2n) is 8.93. The maximum atomic E-state index is 11.8. The zero-order chi connectivity index (χ0) is 25.4. The molecule has 0 amide bonds. The average Bonchev–Trinajstić information content (AvgIpc) is 3.36. The smallest absolute Gasteiger partial charge is 0.335 e. The maximum absolute atomic E-state index is 11.8. The Morgan fingerprint density at radius 2 is 2.00 bits per heavy atom. The first-order chi connectivity index (χ1) is 17.3. The highest BCUT2D eigenvalue weighted by atomic mass is 32.1. The summed E-state index contributed by atoms with van der Waals surface area (Å²) in [7, 11) is 0. The van der Waals surface area contributed by atoms with E-state index in [1.165, 1.54) is 11.3 Å². The lowest BCUT2D eigenvalue weighted by Crippen LogP contribution is -2.32. The number of thiazole rings is 1. The largest absolute Gasteiger partial charge is 0.478 e. The fourth-order valence-corrected chi connectivity index (χ4v) is 5.75. The van der Waals surface area contributed by atoms with E-state index in [1.807, 2.05) is 19.1 Å². The zero-order valence-corrected chi connectivity index (χ0v) is 20.7. The topological polar surface area (TPSA) is 108 Å². The first-order valence-corrected chi connectivity index (χ1v) is 12.3. The third-order valence-electron chi connectivity index (χ3n) is 6.50. The third-order valence-corrected chi connectivity index (χ3v) is 7.68. The monoisotopic (exact) mass is 496 g/mol. The van der Waals surface area contributed by atoms with Gasteiger partial charge in [0, 0.05) is 18.0 Å². The van der Waals surface area contributed by atoms with Crippen molar-refractivity contribution >= 4 is 28.9 Å². The van der Waals surface area contributed by atoms with E-state index in [0.717, 1.165) is 45.7 Å². The highest BCUT2D eigenvalue weighted by Gasteiger charge is 2.40. The van der Waals surface area contributed by atoms with Crippen molar-refractivity contribution in [1.29, 1.82) is 0 Å². The predicted octanol–water partition coefficient (Wildman–Crippen LogP) is 5.21. The van der Waals surface area contributed by atoms with Crippen LogP contribution in [0, 0.1) is 26.2 Å². The first-order valence-electron chi connectivity index (χ1n) is 11.5. The molecule has 0 fully saturated rings. The molecule has 0 saturated heterocycles. The maximum Gasteiger partial charge on any atom is 0.335 e. The van der Waals surface area contributed by atoms with Gasteiger partial charge < -0.3 is 15.5 Å². The third kappa shape index (κ3) is 4.24. The van der Waals surface area contributed by atoms with Gasteiger partial charge in [0.25, 0.3) is 0 Å². The Labute approximate surface area is 212 Å². The van der Waals surface area contributed by atoms with Crippen LogP contribution >= 0.6 is 11.3 Å². The van der Waals surface area contributed by atoms with E-state index in [4.69, 9.17) is 11.4 Å². The minimum absolute atomic E-state index is 0.268. The SMILES string of the molecule is C#Cc1ccnc(Nc2cc(C)cc(-c3cnc(C4(O)CCCc5c4ccc(C(=O)O)c5C)s3)n2)c1. The standard InChI is InChI=1S/C28H24N4O3S/c1-4-18-9-11-29-24(14-18)32-25-13-16(2)12-22(31-25)23-15-30-27(36-23)28(35)10-5-6-19-17(3)20(26(33)34)7-8-21(19)28/h1,7-9,11-15,35H,5-6,10H2,2-3H3,(H,33,34)(H,29,31,32). The van der Waals surface area contributed by atoms with Crippen molar-refractivity contribution in [3.8, 4) is 22.9 Å². The molecule has 4 aromatic rings. The van der Waals surface area contributed by atoms with Gasteiger partial charge in [-0.2, -0.15) is 0 Å². The number of aryl methyl sites for hydroxylation is 1. The van der Waals surface area contributed by atoms with Gasteiger partial charge in [0.05, 0.1) is 16.1 Å². The molecule has 0 radical (unpaired) electrons. The van der Waals surface area contributed by atoms with Gasteiger partial charge in [-0.15, -0.1) is 17.8 Å². The second kappa shape index (κ2) is 9.19. The second-order valence-corrected chi connectivity index (χ2v) is 9.96. The van der Waals surface area contributed by atoms with Crippen LogP contribution in [-0.4, -0.2) is 31.1 Å². The molecule has 1 aliphatic rings. The van der Waals surface area contributed by atoms with Gasteiger partial charge in [0.1, 0.15) is 22.2 Å². The number of carboxylic acid groups (broad SMARTS) is 1. The van der Waals surface area contributed by atoms with E-state index in [9.17, 15) is 15.0 Å². The number of carboxylic acids is 1. The lowest BCUT2D eigenvalue weighted by atomic mass is 9.77. The highest BCUT2D eigenvalue weighted by Crippen LogP contribution is 2.44. The number of hydrogen-bond acceptors (Lipinski definition) is 7. The Bertz CT molecular complexity index is 1540. The number of nitrogens with zero attached hydrogens (tertiary/aromatic N) is 3. The summed E-state index contributed by atoms with van der Waals surface area (Å²) in [6.45, 7) is 3.79. The van der Waals surface area contributed by atoms with E-state index in [1.54, 1.807) is 43.6 Å². The quantitative estimate of drug-likeness (QED) is 0.325. The van der Waals surface area contributed by atoms with Crippen molar-refractivity contribution in [2.24, 2.45) is 0 Å². The predicted molar refractivity (Wildman–Crippen MR) is 140 cm³/mol. The molecular formula is C28H24N4O3S. The molecule has 5 rings (SSSR count). The molecule has 0 saturated carbocycles. The van der Waals surface area contributed by atoms with E-state index >= 15 is 0 Å². The Morgan fingerprint density at radius 3 is 2.78 bits per heavy atom. The normalized spacial score (nSPS) is 16.7. The Kier molecular flexibility index (Phi) is 6.04. The van der Waals surface area contributed by atoms with Gasteiger partial charge in [0.15, 0.2) is 0 Å². The average molecular weight is 497 g/mol. The van der Waals surface area contributed by atoms with Gasteiger partial charge in [-0.05, 0) is 85.7 Å². The molecule has 0 spiro atoms. The van der Waals surface area contributed by atoms with Crippen LogP contribution in [0.2, 0.25) is 0 Å². The zero-order valence-electron chi connectivity index (χ0n) is 19.9. The molecule has 180 valence electrons. The number of aromatic nitrogens is 3. The summed E-state index contributed by atoms with van der Waals surface area (Å²) in [5.41, 5.74) is 3.77. The summed E-state index contributed by atoms with van der Waals surface area (Å²) >= 11 is 1.39. The van der Waals surface area contributed by atoms with Crippen molar-refractivity contribution in [3.05, 3.63) is 87.2 Å². The first kappa shape index (κ1) is 23.7. The van der Waals surface area contributed by atoms with Gasteiger partial charge in [0.2, 0.25) is 0 Å². The number of carbonyl (C=O) groups is 1. The van der Waals surface area contributed by atoms with Gasteiger partial charge in [-0.1, -0.05) is 12.0 Å². The molecule has 1 unspecified atom stereocenters. The minimum atomic E-state index is -1.28. The fraction of sp³-hybridized carbons (Fsp3) is 0.214. The van der Waals surface area contributed by atoms with Crippen molar-refractivity contribution in [1.82, 2.24) is 15.0 Å². The van der Waals surface area contributed by atoms with Gasteiger partial charge in [-0.3, -0.25) is 0 Å². The van der Waals surface area contributed by atoms with E-state index in [-0.39, 0.29) is 5.56 Å². The van der Waals surface area contributed by atoms with Crippen LogP contribution in [0.25, 0.3) is 10.6 Å². The van der Waals surface area contributed by atoms with E-state index in [2.05, 4.69) is 21.2 Å². The number of aliphatic hydroxyl groups is 1. The number of benzene rings is 1. The molecule has 0 aliphatic heterocycles. The molecule has 1 atom stereocenters. The summed E-state index contributed by atoms with van der Waals surface area (Å²) in [5, 5.41) is 25.1. The van der Waals surface area contributed by atoms with E-state index < -0.39 is 11.6 Å². The van der Waals surface area contributed by atoms with Crippen molar-refractivity contribution in [2.45, 2.75) is 38.7 Å². The fourth-order valence-electron chi connectivity index (χ4n) is 4.74. The minimum Gasteiger partial charge on any atom is -0.478 e. The molecule has 1 aliphatic carbocycles. The molecule has 1 aromatic carbocycles. The summed E-state index contributed by atoms with van der Waals surface area (Å²) in [6.07, 6.45) is 10.9. The summed E-state index contributed by atoms with van der Waals surface area (Å²) < 4.78 is 0. The molecular weight excluding hydrogens is 472 g/mol. The number of nitrogens with one attached hydrogen (secondary N) is 1. The van der Waals surface area contributed by atoms with Crippen LogP contribution in [0.15, 0.2) is 48.8 Å². The number of anilines is 2. The lowest BCUT2D eigenvalue weighted by molar-refractivity contribution is 0.0605.